The van der Waals surface area contributed by atoms with Gasteiger partial charge in [0.15, 0.2) is 5.76 Å². The van der Waals surface area contributed by atoms with E-state index in [1.165, 1.54) is 12.1 Å². The van der Waals surface area contributed by atoms with E-state index in [1.807, 2.05) is 11.8 Å². The summed E-state index contributed by atoms with van der Waals surface area (Å²) < 4.78 is 18.6. The third-order valence-corrected chi connectivity index (χ3v) is 4.20. The molecule has 0 radical (unpaired) electrons. The van der Waals surface area contributed by atoms with Crippen molar-refractivity contribution in [2.45, 2.75) is 19.4 Å². The Morgan fingerprint density at radius 2 is 2.00 bits per heavy atom. The fourth-order valence-corrected chi connectivity index (χ4v) is 2.96. The average molecular weight is 339 g/mol. The summed E-state index contributed by atoms with van der Waals surface area (Å²) in [6, 6.07) is 9.57. The number of furan rings is 1. The summed E-state index contributed by atoms with van der Waals surface area (Å²) in [5.74, 6) is 0.807. The fourth-order valence-electron chi connectivity index (χ4n) is 2.96. The van der Waals surface area contributed by atoms with Crippen LogP contribution in [0.25, 0.3) is 11.3 Å². The molecule has 2 heterocycles. The van der Waals surface area contributed by atoms with Crippen molar-refractivity contribution in [2.75, 3.05) is 13.1 Å². The van der Waals surface area contributed by atoms with Gasteiger partial charge in [-0.25, -0.2) is 4.39 Å². The average Bonchev–Trinajstić information content (AvgIpc) is 3.14. The number of nitrogens with zero attached hydrogens (tertiary/aromatic N) is 1. The zero-order chi connectivity index (χ0) is 15.7. The van der Waals surface area contributed by atoms with Crippen LogP contribution in [0.5, 0.6) is 0 Å². The Kier molecular flexibility index (Phi) is 5.44. The molecule has 1 aromatic heterocycles. The molecule has 23 heavy (non-hydrogen) atoms. The number of carbonyl (C=O) groups excluding carboxylic acids is 1. The van der Waals surface area contributed by atoms with E-state index in [2.05, 4.69) is 0 Å². The van der Waals surface area contributed by atoms with Crippen molar-refractivity contribution in [1.82, 2.24) is 4.90 Å². The van der Waals surface area contributed by atoms with Crippen LogP contribution in [0.2, 0.25) is 0 Å². The number of nitrogens with two attached hydrogens (primary N) is 1. The summed E-state index contributed by atoms with van der Waals surface area (Å²) in [4.78, 5) is 14.4. The predicted octanol–water partition coefficient (Wildman–Crippen LogP) is 3.32. The maximum absolute atomic E-state index is 13.0. The summed E-state index contributed by atoms with van der Waals surface area (Å²) in [5.41, 5.74) is 6.44. The molecule has 0 aliphatic carbocycles. The van der Waals surface area contributed by atoms with Gasteiger partial charge >= 0.3 is 0 Å². The molecule has 6 heteroatoms. The predicted molar refractivity (Wildman–Crippen MR) is 89.0 cm³/mol. The molecule has 1 aromatic carbocycles. The lowest BCUT2D eigenvalue weighted by atomic mass is 10.1. The highest BCUT2D eigenvalue weighted by molar-refractivity contribution is 5.92. The van der Waals surface area contributed by atoms with Crippen LogP contribution in [0.1, 0.15) is 23.9 Å². The van der Waals surface area contributed by atoms with Crippen LogP contribution in [-0.2, 0) is 0 Å². The van der Waals surface area contributed by atoms with Gasteiger partial charge in [0.2, 0.25) is 0 Å². The van der Waals surface area contributed by atoms with E-state index in [-0.39, 0.29) is 30.2 Å². The Morgan fingerprint density at radius 1 is 1.30 bits per heavy atom. The van der Waals surface area contributed by atoms with E-state index in [9.17, 15) is 9.18 Å². The van der Waals surface area contributed by atoms with E-state index >= 15 is 0 Å². The standard InChI is InChI=1S/C17H19FN2O2.ClH/c1-11-8-12(9-19)10-20(11)17(21)16-7-6-15(22-16)13-2-4-14(18)5-3-13;/h2-7,11-12H,8-10,19H2,1H3;1H. The van der Waals surface area contributed by atoms with E-state index < -0.39 is 0 Å². The molecular formula is C17H20ClFN2O2. The van der Waals surface area contributed by atoms with E-state index in [1.54, 1.807) is 24.3 Å². The first-order chi connectivity index (χ1) is 10.6. The molecule has 1 aliphatic rings. The van der Waals surface area contributed by atoms with Crippen LogP contribution in [0.3, 0.4) is 0 Å². The van der Waals surface area contributed by atoms with Gasteiger partial charge in [-0.3, -0.25) is 4.79 Å². The Balaban J connectivity index is 0.00000192. The summed E-state index contributed by atoms with van der Waals surface area (Å²) in [5, 5.41) is 0. The fraction of sp³-hybridized carbons (Fsp3) is 0.353. The van der Waals surface area contributed by atoms with Crippen LogP contribution in [0.4, 0.5) is 4.39 Å². The van der Waals surface area contributed by atoms with Gasteiger partial charge in [0.05, 0.1) is 0 Å². The van der Waals surface area contributed by atoms with E-state index in [0.717, 1.165) is 12.0 Å². The lowest BCUT2D eigenvalue weighted by Crippen LogP contribution is -2.34. The molecule has 3 rings (SSSR count). The zero-order valence-corrected chi connectivity index (χ0v) is 13.7. The number of hydrogen-bond donors (Lipinski definition) is 1. The molecule has 1 saturated heterocycles. The molecule has 1 fully saturated rings. The number of hydrogen-bond acceptors (Lipinski definition) is 3. The molecule has 2 unspecified atom stereocenters. The smallest absolute Gasteiger partial charge is 0.289 e. The minimum atomic E-state index is -0.301. The largest absolute Gasteiger partial charge is 0.451 e. The first-order valence-corrected chi connectivity index (χ1v) is 7.45. The van der Waals surface area contributed by atoms with Crippen LogP contribution in [0, 0.1) is 11.7 Å². The highest BCUT2D eigenvalue weighted by atomic mass is 35.5. The lowest BCUT2D eigenvalue weighted by molar-refractivity contribution is 0.0712. The number of carbonyl (C=O) groups is 1. The van der Waals surface area contributed by atoms with Gasteiger partial charge in [0.1, 0.15) is 11.6 Å². The number of benzene rings is 1. The van der Waals surface area contributed by atoms with Crippen molar-refractivity contribution < 1.29 is 13.6 Å². The molecule has 1 amide bonds. The SMILES string of the molecule is CC1CC(CN)CN1C(=O)c1ccc(-c2ccc(F)cc2)o1.Cl. The van der Waals surface area contributed by atoms with Crippen LogP contribution < -0.4 is 5.73 Å². The molecule has 0 bridgehead atoms. The van der Waals surface area contributed by atoms with Crippen molar-refractivity contribution in [2.24, 2.45) is 11.7 Å². The molecule has 2 atom stereocenters. The monoisotopic (exact) mass is 338 g/mol. The van der Waals surface area contributed by atoms with Gasteiger partial charge in [-0.1, -0.05) is 0 Å². The Morgan fingerprint density at radius 3 is 2.61 bits per heavy atom. The number of amides is 1. The molecule has 0 saturated carbocycles. The van der Waals surface area contributed by atoms with E-state index in [0.29, 0.717) is 30.5 Å². The van der Waals surface area contributed by atoms with Crippen LogP contribution in [0.15, 0.2) is 40.8 Å². The number of rotatable bonds is 3. The quantitative estimate of drug-likeness (QED) is 0.934. The molecule has 1 aliphatic heterocycles. The Hall–Kier alpha value is -1.85. The van der Waals surface area contributed by atoms with Gasteiger partial charge in [-0.2, -0.15) is 0 Å². The normalized spacial score (nSPS) is 20.4. The van der Waals surface area contributed by atoms with Gasteiger partial charge in [-0.15, -0.1) is 12.4 Å². The lowest BCUT2D eigenvalue weighted by Gasteiger charge is -2.20. The molecule has 2 N–H and O–H groups in total. The maximum Gasteiger partial charge on any atom is 0.289 e. The minimum Gasteiger partial charge on any atom is -0.451 e. The third kappa shape index (κ3) is 3.57. The van der Waals surface area contributed by atoms with Crippen molar-refractivity contribution in [1.29, 1.82) is 0 Å². The Labute approximate surface area is 140 Å². The number of likely N-dealkylation sites (tertiary alicyclic amines) is 1. The summed E-state index contributed by atoms with van der Waals surface area (Å²) in [6.07, 6.45) is 0.924. The minimum absolute atomic E-state index is 0. The van der Waals surface area contributed by atoms with Crippen molar-refractivity contribution in [3.05, 3.63) is 48.0 Å². The molecule has 4 nitrogen and oxygen atoms in total. The highest BCUT2D eigenvalue weighted by Gasteiger charge is 2.33. The molecule has 2 aromatic rings. The van der Waals surface area contributed by atoms with Gasteiger partial charge in [0, 0.05) is 18.2 Å². The molecule has 124 valence electrons. The zero-order valence-electron chi connectivity index (χ0n) is 12.9. The van der Waals surface area contributed by atoms with Crippen LogP contribution >= 0.6 is 12.4 Å². The highest BCUT2D eigenvalue weighted by Crippen LogP contribution is 2.27. The molecule has 0 spiro atoms. The van der Waals surface area contributed by atoms with Gasteiger partial charge in [-0.05, 0) is 62.2 Å². The second-order valence-electron chi connectivity index (χ2n) is 5.81. The first-order valence-electron chi connectivity index (χ1n) is 7.45. The van der Waals surface area contributed by atoms with Gasteiger partial charge in [0.25, 0.3) is 5.91 Å². The summed E-state index contributed by atoms with van der Waals surface area (Å²) in [7, 11) is 0. The summed E-state index contributed by atoms with van der Waals surface area (Å²) in [6.45, 7) is 3.29. The molecular weight excluding hydrogens is 319 g/mol. The first kappa shape index (κ1) is 17.5. The van der Waals surface area contributed by atoms with Gasteiger partial charge < -0.3 is 15.1 Å². The topological polar surface area (TPSA) is 59.5 Å². The van der Waals surface area contributed by atoms with Crippen molar-refractivity contribution >= 4 is 18.3 Å². The Bertz CT molecular complexity index is 671. The summed E-state index contributed by atoms with van der Waals surface area (Å²) >= 11 is 0. The second kappa shape index (κ2) is 7.15. The van der Waals surface area contributed by atoms with Crippen molar-refractivity contribution in [3.63, 3.8) is 0 Å². The van der Waals surface area contributed by atoms with Crippen LogP contribution in [-0.4, -0.2) is 29.9 Å². The maximum atomic E-state index is 13.0. The number of halogens is 2. The third-order valence-electron chi connectivity index (χ3n) is 4.20. The van der Waals surface area contributed by atoms with E-state index in [4.69, 9.17) is 10.2 Å². The second-order valence-corrected chi connectivity index (χ2v) is 5.81. The van der Waals surface area contributed by atoms with Crippen molar-refractivity contribution in [3.8, 4) is 11.3 Å².